The van der Waals surface area contributed by atoms with Crippen LogP contribution in [0.25, 0.3) is 0 Å². The van der Waals surface area contributed by atoms with Crippen LogP contribution in [0.2, 0.25) is 0 Å². The Labute approximate surface area is 189 Å². The fourth-order valence-corrected chi connectivity index (χ4v) is 5.72. The van der Waals surface area contributed by atoms with Gasteiger partial charge in [0.25, 0.3) is 5.69 Å². The number of hydrogen-bond acceptors (Lipinski definition) is 6. The third kappa shape index (κ3) is 3.21. The predicted molar refractivity (Wildman–Crippen MR) is 115 cm³/mol. The van der Waals surface area contributed by atoms with E-state index in [1.54, 1.807) is 6.92 Å². The van der Waals surface area contributed by atoms with E-state index in [1.807, 2.05) is 6.92 Å². The summed E-state index contributed by atoms with van der Waals surface area (Å²) in [6, 6.07) is 9.96. The first-order valence-electron chi connectivity index (χ1n) is 10.9. The standard InChI is InChI=1S/C24H23FN2O6/c1-14-13-16(5-8-18(14)27(30)31)26-21(28)19-20(22(26)29)24(10-9-23(19,2)33-24)11-12-32-17-6-3-15(25)4-7-17/h3-8,13,19-20H,9-12H2,1-2H3/t19-,20+,23?,24-/m0/s1. The van der Waals surface area contributed by atoms with Gasteiger partial charge in [-0.1, -0.05) is 0 Å². The first kappa shape index (κ1) is 21.5. The van der Waals surface area contributed by atoms with E-state index >= 15 is 0 Å². The number of ether oxygens (including phenoxy) is 2. The van der Waals surface area contributed by atoms with Gasteiger partial charge in [-0.3, -0.25) is 19.7 Å². The predicted octanol–water partition coefficient (Wildman–Crippen LogP) is 3.94. The Balaban J connectivity index is 1.40. The summed E-state index contributed by atoms with van der Waals surface area (Å²) in [6.07, 6.45) is 1.69. The van der Waals surface area contributed by atoms with Crippen molar-refractivity contribution in [1.29, 1.82) is 0 Å². The number of carbonyl (C=O) groups is 2. The number of rotatable bonds is 6. The lowest BCUT2D eigenvalue weighted by Crippen LogP contribution is -2.43. The molecule has 3 aliphatic heterocycles. The third-order valence-corrected chi connectivity index (χ3v) is 7.25. The van der Waals surface area contributed by atoms with Gasteiger partial charge in [-0.15, -0.1) is 0 Å². The highest BCUT2D eigenvalue weighted by atomic mass is 19.1. The average molecular weight is 454 g/mol. The lowest BCUT2D eigenvalue weighted by atomic mass is 9.67. The summed E-state index contributed by atoms with van der Waals surface area (Å²) >= 11 is 0. The lowest BCUT2D eigenvalue weighted by Gasteiger charge is -2.31. The molecule has 0 aliphatic carbocycles. The Morgan fingerprint density at radius 1 is 1.15 bits per heavy atom. The third-order valence-electron chi connectivity index (χ3n) is 7.25. The summed E-state index contributed by atoms with van der Waals surface area (Å²) < 4.78 is 25.3. The summed E-state index contributed by atoms with van der Waals surface area (Å²) in [5.74, 6) is -1.77. The van der Waals surface area contributed by atoms with Crippen molar-refractivity contribution in [3.8, 4) is 5.75 Å². The van der Waals surface area contributed by atoms with Gasteiger partial charge in [0.15, 0.2) is 0 Å². The molecule has 2 amide bonds. The van der Waals surface area contributed by atoms with Crippen molar-refractivity contribution < 1.29 is 28.4 Å². The first-order valence-corrected chi connectivity index (χ1v) is 10.9. The van der Waals surface area contributed by atoms with Crippen LogP contribution in [-0.4, -0.2) is 34.5 Å². The van der Waals surface area contributed by atoms with Gasteiger partial charge >= 0.3 is 0 Å². The molecule has 0 aromatic heterocycles. The topological polar surface area (TPSA) is 99.0 Å². The molecule has 3 fully saturated rings. The van der Waals surface area contributed by atoms with Crippen molar-refractivity contribution in [2.75, 3.05) is 11.5 Å². The van der Waals surface area contributed by atoms with Crippen molar-refractivity contribution in [3.63, 3.8) is 0 Å². The van der Waals surface area contributed by atoms with Crippen LogP contribution < -0.4 is 9.64 Å². The zero-order chi connectivity index (χ0) is 23.5. The summed E-state index contributed by atoms with van der Waals surface area (Å²) in [5.41, 5.74) is -0.928. The number of halogens is 1. The highest BCUT2D eigenvalue weighted by Crippen LogP contribution is 2.62. The van der Waals surface area contributed by atoms with Gasteiger partial charge in [-0.2, -0.15) is 0 Å². The number of carbonyl (C=O) groups excluding carboxylic acids is 2. The molecule has 3 aliphatic rings. The lowest BCUT2D eigenvalue weighted by molar-refractivity contribution is -0.385. The molecule has 3 heterocycles. The Kier molecular flexibility index (Phi) is 4.79. The molecule has 0 spiro atoms. The highest BCUT2D eigenvalue weighted by molar-refractivity contribution is 6.23. The monoisotopic (exact) mass is 454 g/mol. The number of imide groups is 1. The average Bonchev–Trinajstić information content (AvgIpc) is 3.34. The number of nitro groups is 1. The van der Waals surface area contributed by atoms with Crippen molar-refractivity contribution in [1.82, 2.24) is 0 Å². The normalized spacial score (nSPS) is 30.1. The van der Waals surface area contributed by atoms with E-state index in [0.29, 0.717) is 36.3 Å². The molecule has 33 heavy (non-hydrogen) atoms. The molecule has 2 bridgehead atoms. The van der Waals surface area contributed by atoms with Crippen molar-refractivity contribution in [3.05, 3.63) is 64.0 Å². The maximum absolute atomic E-state index is 13.5. The molecular formula is C24H23FN2O6. The molecule has 172 valence electrons. The molecule has 0 radical (unpaired) electrons. The van der Waals surface area contributed by atoms with Gasteiger partial charge in [-0.05, 0) is 63.1 Å². The van der Waals surface area contributed by atoms with Crippen molar-refractivity contribution >= 4 is 23.2 Å². The molecule has 5 rings (SSSR count). The number of amides is 2. The molecule has 2 aromatic rings. The number of nitro benzene ring substituents is 1. The zero-order valence-electron chi connectivity index (χ0n) is 18.2. The molecule has 4 atom stereocenters. The second kappa shape index (κ2) is 7.34. The summed E-state index contributed by atoms with van der Waals surface area (Å²) in [5, 5.41) is 11.2. The van der Waals surface area contributed by atoms with Crippen molar-refractivity contribution in [2.45, 2.75) is 44.3 Å². The van der Waals surface area contributed by atoms with Crippen LogP contribution in [0.15, 0.2) is 42.5 Å². The molecule has 0 N–H and O–H groups in total. The van der Waals surface area contributed by atoms with Gasteiger partial charge in [0.2, 0.25) is 11.8 Å². The van der Waals surface area contributed by atoms with Crippen molar-refractivity contribution in [2.24, 2.45) is 11.8 Å². The summed E-state index contributed by atoms with van der Waals surface area (Å²) in [4.78, 5) is 38.8. The Morgan fingerprint density at radius 3 is 2.52 bits per heavy atom. The number of nitrogens with zero attached hydrogens (tertiary/aromatic N) is 2. The smallest absolute Gasteiger partial charge is 0.272 e. The number of hydrogen-bond donors (Lipinski definition) is 0. The van der Waals surface area contributed by atoms with Gasteiger partial charge in [0.1, 0.15) is 11.6 Å². The maximum atomic E-state index is 13.5. The summed E-state index contributed by atoms with van der Waals surface area (Å²) in [6.45, 7) is 3.70. The molecule has 8 nitrogen and oxygen atoms in total. The van der Waals surface area contributed by atoms with E-state index in [9.17, 15) is 24.1 Å². The van der Waals surface area contributed by atoms with Gasteiger partial charge in [0.05, 0.1) is 40.3 Å². The van der Waals surface area contributed by atoms with E-state index in [-0.39, 0.29) is 29.9 Å². The molecule has 9 heteroatoms. The van der Waals surface area contributed by atoms with Crippen LogP contribution >= 0.6 is 0 Å². The molecule has 2 aromatic carbocycles. The minimum Gasteiger partial charge on any atom is -0.493 e. The van der Waals surface area contributed by atoms with Crippen LogP contribution in [0, 0.1) is 34.7 Å². The molecule has 0 saturated carbocycles. The van der Waals surface area contributed by atoms with Crippen LogP contribution in [0.4, 0.5) is 15.8 Å². The Hall–Kier alpha value is -3.33. The van der Waals surface area contributed by atoms with E-state index in [0.717, 1.165) is 4.90 Å². The SMILES string of the molecule is Cc1cc(N2C(=O)[C@@H]3[C@H](C2=O)[C@@]2(CCOc4ccc(F)cc4)CCC3(C)O2)ccc1[N+](=O)[O-]. The fraction of sp³-hybridized carbons (Fsp3) is 0.417. The van der Waals surface area contributed by atoms with Gasteiger partial charge in [0, 0.05) is 18.1 Å². The minimum absolute atomic E-state index is 0.0668. The molecule has 3 saturated heterocycles. The van der Waals surface area contributed by atoms with Gasteiger partial charge < -0.3 is 9.47 Å². The maximum Gasteiger partial charge on any atom is 0.272 e. The zero-order valence-corrected chi connectivity index (χ0v) is 18.2. The fourth-order valence-electron chi connectivity index (χ4n) is 5.72. The van der Waals surface area contributed by atoms with Gasteiger partial charge in [-0.25, -0.2) is 9.29 Å². The van der Waals surface area contributed by atoms with Crippen LogP contribution in [0.3, 0.4) is 0 Å². The van der Waals surface area contributed by atoms with Crippen LogP contribution in [-0.2, 0) is 14.3 Å². The van der Waals surface area contributed by atoms with E-state index in [2.05, 4.69) is 0 Å². The Morgan fingerprint density at radius 2 is 1.85 bits per heavy atom. The second-order valence-corrected chi connectivity index (χ2v) is 9.23. The second-order valence-electron chi connectivity index (χ2n) is 9.23. The largest absolute Gasteiger partial charge is 0.493 e. The Bertz CT molecular complexity index is 1170. The molecule has 1 unspecified atom stereocenters. The quantitative estimate of drug-likeness (QED) is 0.373. The van der Waals surface area contributed by atoms with Crippen LogP contribution in [0.1, 0.15) is 31.7 Å². The number of fused-ring (bicyclic) bond motifs is 5. The van der Waals surface area contributed by atoms with E-state index in [4.69, 9.17) is 9.47 Å². The number of benzene rings is 2. The van der Waals surface area contributed by atoms with E-state index < -0.39 is 28.0 Å². The summed E-state index contributed by atoms with van der Waals surface area (Å²) in [7, 11) is 0. The van der Waals surface area contributed by atoms with E-state index in [1.165, 1.54) is 42.5 Å². The number of aryl methyl sites for hydroxylation is 1. The van der Waals surface area contributed by atoms with Crippen LogP contribution in [0.5, 0.6) is 5.75 Å². The minimum atomic E-state index is -0.823. The molecular weight excluding hydrogens is 431 g/mol. The first-order chi connectivity index (χ1) is 15.7. The highest BCUT2D eigenvalue weighted by Gasteiger charge is 2.73. The number of anilines is 1.